The Hall–Kier alpha value is -1.57. The monoisotopic (exact) mass is 215 g/mol. The molecule has 4 nitrogen and oxygen atoms in total. The predicted octanol–water partition coefficient (Wildman–Crippen LogP) is 0.416. The molecule has 1 N–H and O–H groups in total. The van der Waals surface area contributed by atoms with Gasteiger partial charge in [0.1, 0.15) is 0 Å². The highest BCUT2D eigenvalue weighted by Gasteiger charge is 2.23. The van der Waals surface area contributed by atoms with Gasteiger partial charge in [-0.3, -0.25) is 9.59 Å². The molecular formula is C10H14FNO3. The first kappa shape index (κ1) is 13.4. The van der Waals surface area contributed by atoms with Gasteiger partial charge >= 0.3 is 5.97 Å². The molecule has 0 radical (unpaired) electrons. The Kier molecular flexibility index (Phi) is 6.11. The van der Waals surface area contributed by atoms with E-state index in [-0.39, 0.29) is 13.0 Å². The summed E-state index contributed by atoms with van der Waals surface area (Å²) in [6.07, 6.45) is 2.91. The molecule has 5 heteroatoms. The number of rotatable bonds is 5. The number of carbonyl (C=O) groups is 2. The van der Waals surface area contributed by atoms with E-state index in [9.17, 15) is 14.0 Å². The molecular weight excluding hydrogens is 201 g/mol. The normalized spacial score (nSPS) is 13.5. The van der Waals surface area contributed by atoms with Gasteiger partial charge in [0.2, 0.25) is 5.91 Å². The number of terminal acetylenes is 1. The Balaban J connectivity index is 4.31. The third-order valence-electron chi connectivity index (χ3n) is 1.59. The molecule has 1 amide bonds. The van der Waals surface area contributed by atoms with E-state index in [2.05, 4.69) is 10.1 Å². The van der Waals surface area contributed by atoms with Crippen LogP contribution in [0.4, 0.5) is 4.39 Å². The van der Waals surface area contributed by atoms with Crippen molar-refractivity contribution >= 4 is 11.9 Å². The highest BCUT2D eigenvalue weighted by molar-refractivity contribution is 5.75. The molecule has 0 aromatic rings. The van der Waals surface area contributed by atoms with E-state index in [1.165, 1.54) is 6.92 Å². The molecule has 2 atom stereocenters. The third kappa shape index (κ3) is 5.68. The Morgan fingerprint density at radius 1 is 1.60 bits per heavy atom. The van der Waals surface area contributed by atoms with Crippen LogP contribution in [0.1, 0.15) is 20.3 Å². The Morgan fingerprint density at radius 2 is 2.20 bits per heavy atom. The molecule has 0 bridgehead atoms. The number of esters is 1. The largest absolute Gasteiger partial charge is 0.466 e. The lowest BCUT2D eigenvalue weighted by Crippen LogP contribution is -2.41. The Labute approximate surface area is 88.2 Å². The van der Waals surface area contributed by atoms with E-state index in [1.54, 1.807) is 6.92 Å². The van der Waals surface area contributed by atoms with Gasteiger partial charge in [-0.1, -0.05) is 5.92 Å². The molecule has 0 spiro atoms. The molecule has 0 saturated heterocycles. The van der Waals surface area contributed by atoms with Gasteiger partial charge in [0.25, 0.3) is 0 Å². The van der Waals surface area contributed by atoms with E-state index < -0.39 is 24.1 Å². The van der Waals surface area contributed by atoms with E-state index in [0.717, 1.165) is 0 Å². The lowest BCUT2D eigenvalue weighted by Gasteiger charge is -2.17. The van der Waals surface area contributed by atoms with E-state index in [4.69, 9.17) is 6.42 Å². The van der Waals surface area contributed by atoms with Crippen molar-refractivity contribution in [3.63, 3.8) is 0 Å². The smallest absolute Gasteiger partial charge is 0.308 e. The minimum Gasteiger partial charge on any atom is -0.466 e. The highest BCUT2D eigenvalue weighted by Crippen LogP contribution is 2.04. The molecule has 0 unspecified atom stereocenters. The van der Waals surface area contributed by atoms with Gasteiger partial charge in [-0.15, -0.1) is 6.42 Å². The molecule has 0 heterocycles. The van der Waals surface area contributed by atoms with Crippen LogP contribution in [0.25, 0.3) is 0 Å². The van der Waals surface area contributed by atoms with E-state index in [0.29, 0.717) is 0 Å². The number of amides is 1. The van der Waals surface area contributed by atoms with Gasteiger partial charge < -0.3 is 10.1 Å². The van der Waals surface area contributed by atoms with Gasteiger partial charge in [-0.05, 0) is 6.92 Å². The summed E-state index contributed by atoms with van der Waals surface area (Å²) in [5.41, 5.74) is 0. The Morgan fingerprint density at radius 3 is 2.60 bits per heavy atom. The van der Waals surface area contributed by atoms with Crippen LogP contribution in [0.2, 0.25) is 0 Å². The summed E-state index contributed by atoms with van der Waals surface area (Å²) in [6.45, 7) is 3.07. The fourth-order valence-corrected chi connectivity index (χ4v) is 1.00. The summed E-state index contributed by atoms with van der Waals surface area (Å²) in [6, 6.07) is -1.02. The number of carbonyl (C=O) groups excluding carboxylic acids is 2. The van der Waals surface area contributed by atoms with Crippen LogP contribution >= 0.6 is 0 Å². The molecule has 15 heavy (non-hydrogen) atoms. The molecule has 0 aliphatic heterocycles. The van der Waals surface area contributed by atoms with Crippen LogP contribution in [0, 0.1) is 12.3 Å². The van der Waals surface area contributed by atoms with Crippen LogP contribution in [-0.4, -0.2) is 30.7 Å². The molecule has 0 aromatic carbocycles. The van der Waals surface area contributed by atoms with Crippen molar-refractivity contribution in [2.45, 2.75) is 32.5 Å². The van der Waals surface area contributed by atoms with Gasteiger partial charge in [0, 0.05) is 6.92 Å². The summed E-state index contributed by atoms with van der Waals surface area (Å²) < 4.78 is 17.7. The van der Waals surface area contributed by atoms with Crippen molar-refractivity contribution < 1.29 is 18.7 Å². The molecule has 0 rings (SSSR count). The average molecular weight is 215 g/mol. The first-order chi connectivity index (χ1) is 7.01. The zero-order chi connectivity index (χ0) is 11.8. The van der Waals surface area contributed by atoms with Gasteiger partial charge in [0.05, 0.1) is 19.1 Å². The first-order valence-corrected chi connectivity index (χ1v) is 4.54. The number of alkyl halides is 1. The van der Waals surface area contributed by atoms with Crippen LogP contribution in [-0.2, 0) is 14.3 Å². The van der Waals surface area contributed by atoms with Crippen LogP contribution in [0.15, 0.2) is 0 Å². The van der Waals surface area contributed by atoms with Crippen molar-refractivity contribution in [3.05, 3.63) is 0 Å². The molecule has 0 fully saturated rings. The summed E-state index contributed by atoms with van der Waals surface area (Å²) in [4.78, 5) is 21.8. The van der Waals surface area contributed by atoms with Crippen molar-refractivity contribution in [2.75, 3.05) is 6.61 Å². The zero-order valence-electron chi connectivity index (χ0n) is 8.75. The number of nitrogens with one attached hydrogen (secondary N) is 1. The molecule has 0 aliphatic carbocycles. The standard InChI is InChI=1S/C10H14FNO3/c1-4-8(11)9(12-7(3)13)6-10(14)15-5-2/h1,8-9H,5-6H2,2-3H3,(H,12,13)/t8-,9-/m0/s1. The molecule has 0 aromatic heterocycles. The zero-order valence-corrected chi connectivity index (χ0v) is 8.75. The topological polar surface area (TPSA) is 55.4 Å². The average Bonchev–Trinajstić information content (AvgIpc) is 2.15. The maximum Gasteiger partial charge on any atom is 0.308 e. The van der Waals surface area contributed by atoms with Crippen molar-refractivity contribution in [2.24, 2.45) is 0 Å². The van der Waals surface area contributed by atoms with E-state index in [1.807, 2.05) is 5.92 Å². The number of halogens is 1. The summed E-state index contributed by atoms with van der Waals surface area (Å²) in [5.74, 6) is 0.798. The number of ether oxygens (including phenoxy) is 1. The van der Waals surface area contributed by atoms with Crippen LogP contribution in [0.5, 0.6) is 0 Å². The molecule has 0 aliphatic rings. The fraction of sp³-hybridized carbons (Fsp3) is 0.600. The lowest BCUT2D eigenvalue weighted by atomic mass is 10.1. The van der Waals surface area contributed by atoms with Crippen LogP contribution in [0.3, 0.4) is 0 Å². The van der Waals surface area contributed by atoms with Crippen molar-refractivity contribution in [3.8, 4) is 12.3 Å². The summed E-state index contributed by atoms with van der Waals surface area (Å²) in [7, 11) is 0. The second kappa shape index (κ2) is 6.82. The number of hydrogen-bond acceptors (Lipinski definition) is 3. The first-order valence-electron chi connectivity index (χ1n) is 4.54. The van der Waals surface area contributed by atoms with Gasteiger partial charge in [-0.25, -0.2) is 4.39 Å². The number of hydrogen-bond donors (Lipinski definition) is 1. The summed E-state index contributed by atoms with van der Waals surface area (Å²) in [5, 5.41) is 2.26. The van der Waals surface area contributed by atoms with E-state index >= 15 is 0 Å². The molecule has 84 valence electrons. The maximum atomic E-state index is 13.1. The Bertz CT molecular complexity index is 272. The quantitative estimate of drug-likeness (QED) is 0.534. The second-order valence-corrected chi connectivity index (χ2v) is 2.88. The fourth-order valence-electron chi connectivity index (χ4n) is 1.00. The minimum atomic E-state index is -1.70. The second-order valence-electron chi connectivity index (χ2n) is 2.88. The maximum absolute atomic E-state index is 13.1. The lowest BCUT2D eigenvalue weighted by molar-refractivity contribution is -0.144. The summed E-state index contributed by atoms with van der Waals surface area (Å²) >= 11 is 0. The van der Waals surface area contributed by atoms with Crippen LogP contribution < -0.4 is 5.32 Å². The predicted molar refractivity (Wildman–Crippen MR) is 52.6 cm³/mol. The van der Waals surface area contributed by atoms with Crippen molar-refractivity contribution in [1.29, 1.82) is 0 Å². The highest BCUT2D eigenvalue weighted by atomic mass is 19.1. The SMILES string of the molecule is C#C[C@H](F)[C@H](CC(=O)OCC)NC(C)=O. The minimum absolute atomic E-state index is 0.207. The molecule has 0 saturated carbocycles. The third-order valence-corrected chi connectivity index (χ3v) is 1.59. The van der Waals surface area contributed by atoms with Crippen molar-refractivity contribution in [1.82, 2.24) is 5.32 Å². The van der Waals surface area contributed by atoms with Gasteiger partial charge in [-0.2, -0.15) is 0 Å². The van der Waals surface area contributed by atoms with Gasteiger partial charge in [0.15, 0.2) is 6.17 Å².